The van der Waals surface area contributed by atoms with Gasteiger partial charge in [0.1, 0.15) is 5.75 Å². The molecule has 1 unspecified atom stereocenters. The van der Waals surface area contributed by atoms with E-state index in [1.54, 1.807) is 11.9 Å². The number of carbonyl (C=O) groups excluding carboxylic acids is 2. The van der Waals surface area contributed by atoms with E-state index in [1.807, 2.05) is 55.5 Å². The zero-order valence-electron chi connectivity index (χ0n) is 16.3. The highest BCUT2D eigenvalue weighted by molar-refractivity contribution is 5.94. The monoisotopic (exact) mass is 369 g/mol. The molecule has 0 aliphatic carbocycles. The van der Waals surface area contributed by atoms with Crippen molar-refractivity contribution in [1.82, 2.24) is 0 Å². The van der Waals surface area contributed by atoms with E-state index in [9.17, 15) is 9.59 Å². The largest absolute Gasteiger partial charge is 0.491 e. The van der Waals surface area contributed by atoms with Gasteiger partial charge >= 0.3 is 0 Å². The van der Waals surface area contributed by atoms with E-state index in [0.717, 1.165) is 29.2 Å². The van der Waals surface area contributed by atoms with Gasteiger partial charge in [-0.3, -0.25) is 9.59 Å². The summed E-state index contributed by atoms with van der Waals surface area (Å²) in [6, 6.07) is 14.7. The maximum Gasteiger partial charge on any atom is 0.243 e. The number of ether oxygens (including phenoxy) is 1. The molecule has 0 aliphatic rings. The van der Waals surface area contributed by atoms with Gasteiger partial charge in [-0.25, -0.2) is 0 Å². The van der Waals surface area contributed by atoms with Crippen molar-refractivity contribution >= 4 is 28.9 Å². The van der Waals surface area contributed by atoms with Gasteiger partial charge in [-0.1, -0.05) is 6.92 Å². The van der Waals surface area contributed by atoms with Crippen LogP contribution in [0.1, 0.15) is 27.2 Å². The van der Waals surface area contributed by atoms with Crippen LogP contribution in [0.25, 0.3) is 0 Å². The molecule has 144 valence electrons. The molecule has 1 atom stereocenters. The van der Waals surface area contributed by atoms with Crippen molar-refractivity contribution in [2.75, 3.05) is 29.1 Å². The van der Waals surface area contributed by atoms with Gasteiger partial charge < -0.3 is 20.3 Å². The second-order valence-electron chi connectivity index (χ2n) is 6.39. The molecule has 0 heterocycles. The molecule has 0 saturated heterocycles. The maximum atomic E-state index is 12.1. The molecule has 0 saturated carbocycles. The van der Waals surface area contributed by atoms with Crippen LogP contribution in [0, 0.1) is 0 Å². The topological polar surface area (TPSA) is 70.7 Å². The van der Waals surface area contributed by atoms with E-state index >= 15 is 0 Å². The first-order valence-electron chi connectivity index (χ1n) is 9.04. The standard InChI is InChI=1S/C21H27N3O3/c1-5-15(2)27-20-12-8-18(9-13-20)23-21(26)14-22-17-6-10-19(11-7-17)24(4)16(3)25/h6-13,15,22H,5,14H2,1-4H3,(H,23,26). The number of carbonyl (C=O) groups is 2. The van der Waals surface area contributed by atoms with Crippen LogP contribution in [-0.2, 0) is 9.59 Å². The Morgan fingerprint density at radius 3 is 2.19 bits per heavy atom. The summed E-state index contributed by atoms with van der Waals surface area (Å²) < 4.78 is 5.72. The normalized spacial score (nSPS) is 11.4. The summed E-state index contributed by atoms with van der Waals surface area (Å²) in [5.41, 5.74) is 2.33. The Morgan fingerprint density at radius 2 is 1.63 bits per heavy atom. The molecule has 6 nitrogen and oxygen atoms in total. The minimum atomic E-state index is -0.143. The lowest BCUT2D eigenvalue weighted by molar-refractivity contribution is -0.116. The first-order chi connectivity index (χ1) is 12.9. The smallest absolute Gasteiger partial charge is 0.243 e. The molecular formula is C21H27N3O3. The second-order valence-corrected chi connectivity index (χ2v) is 6.39. The van der Waals surface area contributed by atoms with Gasteiger partial charge in [-0.05, 0) is 61.9 Å². The van der Waals surface area contributed by atoms with Crippen molar-refractivity contribution < 1.29 is 14.3 Å². The molecule has 6 heteroatoms. The lowest BCUT2D eigenvalue weighted by Gasteiger charge is -2.15. The number of benzene rings is 2. The Balaban J connectivity index is 1.83. The number of anilines is 3. The number of amides is 2. The second kappa shape index (κ2) is 9.62. The summed E-state index contributed by atoms with van der Waals surface area (Å²) in [5, 5.41) is 5.91. The predicted octanol–water partition coefficient (Wildman–Crippen LogP) is 3.90. The van der Waals surface area contributed by atoms with Crippen LogP contribution < -0.4 is 20.3 Å². The fourth-order valence-corrected chi connectivity index (χ4v) is 2.30. The zero-order chi connectivity index (χ0) is 19.8. The molecule has 27 heavy (non-hydrogen) atoms. The minimum absolute atomic E-state index is 0.0318. The first kappa shape index (κ1) is 20.3. The summed E-state index contributed by atoms with van der Waals surface area (Å²) in [7, 11) is 1.72. The van der Waals surface area contributed by atoms with Crippen molar-refractivity contribution in [2.45, 2.75) is 33.3 Å². The molecular weight excluding hydrogens is 342 g/mol. The van der Waals surface area contributed by atoms with E-state index in [4.69, 9.17) is 4.74 Å². The number of nitrogens with zero attached hydrogens (tertiary/aromatic N) is 1. The van der Waals surface area contributed by atoms with Crippen LogP contribution in [0.5, 0.6) is 5.75 Å². The van der Waals surface area contributed by atoms with Gasteiger partial charge in [0.2, 0.25) is 11.8 Å². The van der Waals surface area contributed by atoms with Gasteiger partial charge in [0.15, 0.2) is 0 Å². The highest BCUT2D eigenvalue weighted by atomic mass is 16.5. The molecule has 0 aromatic heterocycles. The minimum Gasteiger partial charge on any atom is -0.491 e. The van der Waals surface area contributed by atoms with E-state index in [1.165, 1.54) is 6.92 Å². The van der Waals surface area contributed by atoms with Crippen molar-refractivity contribution in [3.8, 4) is 5.75 Å². The molecule has 0 aliphatic heterocycles. The van der Waals surface area contributed by atoms with Gasteiger partial charge in [0.05, 0.1) is 12.6 Å². The molecule has 0 fully saturated rings. The Labute approximate surface area is 160 Å². The van der Waals surface area contributed by atoms with Crippen molar-refractivity contribution in [3.05, 3.63) is 48.5 Å². The average Bonchev–Trinajstić information content (AvgIpc) is 2.67. The number of hydrogen-bond donors (Lipinski definition) is 2. The summed E-state index contributed by atoms with van der Waals surface area (Å²) >= 11 is 0. The maximum absolute atomic E-state index is 12.1. The molecule has 2 aromatic carbocycles. The van der Waals surface area contributed by atoms with Gasteiger partial charge in [0, 0.05) is 31.0 Å². The van der Waals surface area contributed by atoms with Gasteiger partial charge in [0.25, 0.3) is 0 Å². The van der Waals surface area contributed by atoms with E-state index in [0.29, 0.717) is 0 Å². The van der Waals surface area contributed by atoms with Gasteiger partial charge in [-0.2, -0.15) is 0 Å². The van der Waals surface area contributed by atoms with Crippen LogP contribution in [-0.4, -0.2) is 31.5 Å². The summed E-state index contributed by atoms with van der Waals surface area (Å²) in [6.07, 6.45) is 1.10. The molecule has 0 radical (unpaired) electrons. The van der Waals surface area contributed by atoms with Crippen LogP contribution in [0.3, 0.4) is 0 Å². The lowest BCUT2D eigenvalue weighted by Crippen LogP contribution is -2.23. The van der Waals surface area contributed by atoms with Crippen LogP contribution in [0.2, 0.25) is 0 Å². The summed E-state index contributed by atoms with van der Waals surface area (Å²) in [4.78, 5) is 25.0. The Bertz CT molecular complexity index is 757. The van der Waals surface area contributed by atoms with Crippen LogP contribution in [0.4, 0.5) is 17.1 Å². The van der Waals surface area contributed by atoms with E-state index in [-0.39, 0.29) is 24.5 Å². The highest BCUT2D eigenvalue weighted by Gasteiger charge is 2.07. The number of nitrogens with one attached hydrogen (secondary N) is 2. The SMILES string of the molecule is CCC(C)Oc1ccc(NC(=O)CNc2ccc(N(C)C(C)=O)cc2)cc1. The quantitative estimate of drug-likeness (QED) is 0.740. The third-order valence-electron chi connectivity index (χ3n) is 4.23. The number of rotatable bonds is 8. The van der Waals surface area contributed by atoms with Crippen molar-refractivity contribution in [3.63, 3.8) is 0 Å². The lowest BCUT2D eigenvalue weighted by atomic mass is 10.2. The fourth-order valence-electron chi connectivity index (χ4n) is 2.30. The first-order valence-corrected chi connectivity index (χ1v) is 9.04. The van der Waals surface area contributed by atoms with Crippen molar-refractivity contribution in [2.24, 2.45) is 0 Å². The third-order valence-corrected chi connectivity index (χ3v) is 4.23. The van der Waals surface area contributed by atoms with E-state index in [2.05, 4.69) is 17.6 Å². The Kier molecular flexibility index (Phi) is 7.23. The highest BCUT2D eigenvalue weighted by Crippen LogP contribution is 2.18. The molecule has 2 N–H and O–H groups in total. The van der Waals surface area contributed by atoms with Crippen LogP contribution >= 0.6 is 0 Å². The Morgan fingerprint density at radius 1 is 1.04 bits per heavy atom. The third kappa shape index (κ3) is 6.33. The van der Waals surface area contributed by atoms with Crippen molar-refractivity contribution in [1.29, 1.82) is 0 Å². The number of hydrogen-bond acceptors (Lipinski definition) is 4. The molecule has 2 aromatic rings. The molecule has 2 rings (SSSR count). The molecule has 0 bridgehead atoms. The Hall–Kier alpha value is -3.02. The fraction of sp³-hybridized carbons (Fsp3) is 0.333. The summed E-state index contributed by atoms with van der Waals surface area (Å²) in [6.45, 7) is 5.75. The van der Waals surface area contributed by atoms with E-state index < -0.39 is 0 Å². The summed E-state index contributed by atoms with van der Waals surface area (Å²) in [5.74, 6) is 0.613. The average molecular weight is 369 g/mol. The van der Waals surface area contributed by atoms with Gasteiger partial charge in [-0.15, -0.1) is 0 Å². The van der Waals surface area contributed by atoms with Crippen LogP contribution in [0.15, 0.2) is 48.5 Å². The predicted molar refractivity (Wildman–Crippen MR) is 109 cm³/mol. The zero-order valence-corrected chi connectivity index (χ0v) is 16.3. The molecule has 0 spiro atoms. The molecule has 2 amide bonds.